The number of hydrogen-bond acceptors (Lipinski definition) is 4. The van der Waals surface area contributed by atoms with E-state index in [1.807, 2.05) is 26.0 Å². The van der Waals surface area contributed by atoms with Crippen molar-refractivity contribution in [1.29, 1.82) is 0 Å². The molecule has 1 aromatic carbocycles. The number of anilines is 1. The lowest BCUT2D eigenvalue weighted by atomic mass is 10.1. The Hall–Kier alpha value is -3.35. The van der Waals surface area contributed by atoms with Gasteiger partial charge in [-0.05, 0) is 49.2 Å². The molecule has 134 valence electrons. The van der Waals surface area contributed by atoms with Gasteiger partial charge in [-0.25, -0.2) is 0 Å². The molecule has 2 heterocycles. The Bertz CT molecular complexity index is 942. The summed E-state index contributed by atoms with van der Waals surface area (Å²) in [7, 11) is 1.65. The molecular formula is C19H20N4O3. The third-order valence-corrected chi connectivity index (χ3v) is 4.17. The van der Waals surface area contributed by atoms with Crippen LogP contribution in [0.15, 0.2) is 47.2 Å². The highest BCUT2D eigenvalue weighted by Gasteiger charge is 2.19. The third kappa shape index (κ3) is 3.66. The van der Waals surface area contributed by atoms with Crippen molar-refractivity contribution in [3.8, 4) is 0 Å². The molecule has 26 heavy (non-hydrogen) atoms. The Kier molecular flexibility index (Phi) is 4.88. The number of hydrogen-bond donors (Lipinski definition) is 2. The lowest BCUT2D eigenvalue weighted by molar-refractivity contribution is 0.0939. The summed E-state index contributed by atoms with van der Waals surface area (Å²) in [6.07, 6.45) is 3.00. The van der Waals surface area contributed by atoms with Crippen LogP contribution in [0, 0.1) is 13.8 Å². The van der Waals surface area contributed by atoms with E-state index in [4.69, 9.17) is 4.42 Å². The van der Waals surface area contributed by atoms with E-state index >= 15 is 0 Å². The number of nitrogens with zero attached hydrogens (tertiary/aromatic N) is 2. The van der Waals surface area contributed by atoms with E-state index in [2.05, 4.69) is 15.7 Å². The van der Waals surface area contributed by atoms with E-state index in [1.165, 1.54) is 10.9 Å². The minimum atomic E-state index is -0.350. The molecule has 0 aliphatic carbocycles. The van der Waals surface area contributed by atoms with Crippen LogP contribution in [0.3, 0.4) is 0 Å². The fourth-order valence-corrected chi connectivity index (χ4v) is 2.54. The number of carbonyl (C=O) groups excluding carboxylic acids is 2. The lowest BCUT2D eigenvalue weighted by Crippen LogP contribution is -2.26. The average molecular weight is 352 g/mol. The highest BCUT2D eigenvalue weighted by Crippen LogP contribution is 2.17. The van der Waals surface area contributed by atoms with Gasteiger partial charge in [0.05, 0.1) is 24.7 Å². The van der Waals surface area contributed by atoms with Crippen LogP contribution < -0.4 is 10.6 Å². The second-order valence-electron chi connectivity index (χ2n) is 6.05. The summed E-state index contributed by atoms with van der Waals surface area (Å²) in [5, 5.41) is 9.59. The normalized spacial score (nSPS) is 10.6. The highest BCUT2D eigenvalue weighted by atomic mass is 16.3. The zero-order valence-corrected chi connectivity index (χ0v) is 14.9. The quantitative estimate of drug-likeness (QED) is 0.739. The number of nitrogens with one attached hydrogen (secondary N) is 2. The van der Waals surface area contributed by atoms with Gasteiger partial charge >= 0.3 is 0 Å². The standard InChI is InChI=1S/C19H20N4O3/c1-12-6-7-14(9-13(12)2)18(24)22-16-11-21-23(3)17(16)19(25)20-10-15-5-4-8-26-15/h4-9,11H,10H2,1-3H3,(H,20,25)(H,22,24). The summed E-state index contributed by atoms with van der Waals surface area (Å²) < 4.78 is 6.62. The minimum Gasteiger partial charge on any atom is -0.467 e. The molecule has 0 spiro atoms. The summed E-state index contributed by atoms with van der Waals surface area (Å²) in [6, 6.07) is 8.99. The Morgan fingerprint density at radius 2 is 1.96 bits per heavy atom. The van der Waals surface area contributed by atoms with Crippen LogP contribution in [0.4, 0.5) is 5.69 Å². The Morgan fingerprint density at radius 1 is 1.15 bits per heavy atom. The Morgan fingerprint density at radius 3 is 2.65 bits per heavy atom. The van der Waals surface area contributed by atoms with Crippen molar-refractivity contribution in [2.45, 2.75) is 20.4 Å². The molecule has 0 unspecified atom stereocenters. The van der Waals surface area contributed by atoms with Gasteiger partial charge in [0.2, 0.25) is 0 Å². The van der Waals surface area contributed by atoms with Crippen molar-refractivity contribution in [2.24, 2.45) is 7.05 Å². The first-order chi connectivity index (χ1) is 12.5. The van der Waals surface area contributed by atoms with Crippen LogP contribution in [0.1, 0.15) is 37.7 Å². The van der Waals surface area contributed by atoms with E-state index in [9.17, 15) is 9.59 Å². The zero-order valence-electron chi connectivity index (χ0n) is 14.9. The van der Waals surface area contributed by atoms with E-state index in [1.54, 1.807) is 31.5 Å². The number of rotatable bonds is 5. The maximum absolute atomic E-state index is 12.5. The molecule has 0 saturated heterocycles. The molecule has 2 N–H and O–H groups in total. The van der Waals surface area contributed by atoms with Gasteiger partial charge < -0.3 is 15.1 Å². The fourth-order valence-electron chi connectivity index (χ4n) is 2.54. The van der Waals surface area contributed by atoms with Crippen LogP contribution in [-0.4, -0.2) is 21.6 Å². The number of aryl methyl sites for hydroxylation is 3. The average Bonchev–Trinajstić information content (AvgIpc) is 3.25. The van der Waals surface area contributed by atoms with Crippen molar-refractivity contribution in [2.75, 3.05) is 5.32 Å². The molecule has 3 aromatic rings. The van der Waals surface area contributed by atoms with E-state index < -0.39 is 0 Å². The molecule has 0 radical (unpaired) electrons. The van der Waals surface area contributed by atoms with Gasteiger partial charge in [-0.1, -0.05) is 6.07 Å². The van der Waals surface area contributed by atoms with E-state index in [0.29, 0.717) is 17.0 Å². The van der Waals surface area contributed by atoms with Crippen molar-refractivity contribution in [1.82, 2.24) is 15.1 Å². The van der Waals surface area contributed by atoms with Crippen molar-refractivity contribution in [3.05, 3.63) is 70.9 Å². The molecule has 2 aromatic heterocycles. The number of benzene rings is 1. The molecule has 0 atom stereocenters. The Balaban J connectivity index is 1.75. The maximum atomic E-state index is 12.5. The van der Waals surface area contributed by atoms with Crippen LogP contribution >= 0.6 is 0 Å². The first-order valence-electron chi connectivity index (χ1n) is 8.17. The number of aromatic nitrogens is 2. The molecule has 0 saturated carbocycles. The van der Waals surface area contributed by atoms with Crippen LogP contribution in [0.2, 0.25) is 0 Å². The largest absolute Gasteiger partial charge is 0.467 e. The second-order valence-corrected chi connectivity index (χ2v) is 6.05. The van der Waals surface area contributed by atoms with E-state index in [0.717, 1.165) is 11.1 Å². The molecule has 3 rings (SSSR count). The minimum absolute atomic E-state index is 0.252. The van der Waals surface area contributed by atoms with Gasteiger partial charge in [0, 0.05) is 12.6 Å². The SMILES string of the molecule is Cc1ccc(C(=O)Nc2cnn(C)c2C(=O)NCc2ccco2)cc1C. The monoisotopic (exact) mass is 352 g/mol. The Labute approximate surface area is 151 Å². The zero-order chi connectivity index (χ0) is 18.7. The first-order valence-corrected chi connectivity index (χ1v) is 8.17. The van der Waals surface area contributed by atoms with Crippen molar-refractivity contribution < 1.29 is 14.0 Å². The molecule has 0 bridgehead atoms. The number of carbonyl (C=O) groups is 2. The second kappa shape index (κ2) is 7.26. The maximum Gasteiger partial charge on any atom is 0.272 e. The van der Waals surface area contributed by atoms with E-state index in [-0.39, 0.29) is 24.1 Å². The third-order valence-electron chi connectivity index (χ3n) is 4.17. The molecule has 0 aliphatic heterocycles. The summed E-state index contributed by atoms with van der Waals surface area (Å²) in [5.74, 6) is -0.000735. The molecule has 7 heteroatoms. The van der Waals surface area contributed by atoms with Crippen molar-refractivity contribution in [3.63, 3.8) is 0 Å². The van der Waals surface area contributed by atoms with Crippen LogP contribution in [-0.2, 0) is 13.6 Å². The van der Waals surface area contributed by atoms with Gasteiger partial charge in [-0.3, -0.25) is 14.3 Å². The summed E-state index contributed by atoms with van der Waals surface area (Å²) in [5.41, 5.74) is 3.29. The molecular weight excluding hydrogens is 332 g/mol. The first kappa shape index (κ1) is 17.5. The molecule has 2 amide bonds. The smallest absolute Gasteiger partial charge is 0.272 e. The van der Waals surface area contributed by atoms with Crippen LogP contribution in [0.25, 0.3) is 0 Å². The van der Waals surface area contributed by atoms with Gasteiger partial charge in [-0.15, -0.1) is 0 Å². The van der Waals surface area contributed by atoms with Gasteiger partial charge in [0.1, 0.15) is 11.5 Å². The number of furan rings is 1. The number of amides is 2. The molecule has 0 fully saturated rings. The predicted molar refractivity (Wildman–Crippen MR) is 97.0 cm³/mol. The molecule has 7 nitrogen and oxygen atoms in total. The summed E-state index contributed by atoms with van der Waals surface area (Å²) >= 11 is 0. The topological polar surface area (TPSA) is 89.2 Å². The predicted octanol–water partition coefficient (Wildman–Crippen LogP) is 2.81. The fraction of sp³-hybridized carbons (Fsp3) is 0.211. The van der Waals surface area contributed by atoms with Gasteiger partial charge in [-0.2, -0.15) is 5.10 Å². The lowest BCUT2D eigenvalue weighted by Gasteiger charge is -2.09. The van der Waals surface area contributed by atoms with Crippen molar-refractivity contribution >= 4 is 17.5 Å². The van der Waals surface area contributed by atoms with Gasteiger partial charge in [0.15, 0.2) is 0 Å². The highest BCUT2D eigenvalue weighted by molar-refractivity contribution is 6.08. The van der Waals surface area contributed by atoms with Gasteiger partial charge in [0.25, 0.3) is 11.8 Å². The summed E-state index contributed by atoms with van der Waals surface area (Å²) in [6.45, 7) is 4.19. The summed E-state index contributed by atoms with van der Waals surface area (Å²) in [4.78, 5) is 25.0. The van der Waals surface area contributed by atoms with Crippen LogP contribution in [0.5, 0.6) is 0 Å². The molecule has 0 aliphatic rings.